The van der Waals surface area contributed by atoms with E-state index in [9.17, 15) is 22.8 Å². The summed E-state index contributed by atoms with van der Waals surface area (Å²) in [6, 6.07) is 5.54. The number of urea groups is 1. The van der Waals surface area contributed by atoms with E-state index in [1.54, 1.807) is 17.9 Å². The molecule has 0 unspecified atom stereocenters. The standard InChI is InChI=1S/C19H20F3N3O3/c1-12-8-11-28-16(12)17(26)23-15-6-9-25(10-7-15)18(27)24-14-4-2-13(3-5-14)19(20,21)22/h2-5,8,11,15H,6-7,9-10H2,1H3,(H,23,26)(H,24,27). The molecule has 1 aromatic heterocycles. The predicted octanol–water partition coefficient (Wildman–Crippen LogP) is 4.03. The first-order chi connectivity index (χ1) is 13.2. The number of carbonyl (C=O) groups is 2. The molecule has 0 spiro atoms. The minimum Gasteiger partial charge on any atom is -0.459 e. The normalized spacial score (nSPS) is 15.4. The van der Waals surface area contributed by atoms with Gasteiger partial charge in [0.25, 0.3) is 5.91 Å². The molecule has 1 aliphatic heterocycles. The van der Waals surface area contributed by atoms with Gasteiger partial charge in [0.2, 0.25) is 0 Å². The van der Waals surface area contributed by atoms with Crippen LogP contribution in [0.1, 0.15) is 34.5 Å². The van der Waals surface area contributed by atoms with E-state index in [1.165, 1.54) is 18.4 Å². The topological polar surface area (TPSA) is 74.6 Å². The zero-order chi connectivity index (χ0) is 20.3. The second-order valence-electron chi connectivity index (χ2n) is 6.67. The highest BCUT2D eigenvalue weighted by Gasteiger charge is 2.30. The number of nitrogens with one attached hydrogen (secondary N) is 2. The maximum Gasteiger partial charge on any atom is 0.416 e. The molecule has 0 saturated carbocycles. The molecule has 2 heterocycles. The fraction of sp³-hybridized carbons (Fsp3) is 0.368. The number of amides is 3. The quantitative estimate of drug-likeness (QED) is 0.824. The van der Waals surface area contributed by atoms with Crippen LogP contribution in [-0.4, -0.2) is 36.0 Å². The van der Waals surface area contributed by atoms with Crippen LogP contribution < -0.4 is 10.6 Å². The Hall–Kier alpha value is -2.97. The first kappa shape index (κ1) is 19.8. The molecule has 150 valence electrons. The van der Waals surface area contributed by atoms with Crippen molar-refractivity contribution in [2.24, 2.45) is 0 Å². The van der Waals surface area contributed by atoms with E-state index in [4.69, 9.17) is 4.42 Å². The van der Waals surface area contributed by atoms with Crippen LogP contribution in [0.2, 0.25) is 0 Å². The van der Waals surface area contributed by atoms with Gasteiger partial charge in [-0.3, -0.25) is 4.79 Å². The van der Waals surface area contributed by atoms with E-state index in [-0.39, 0.29) is 23.7 Å². The highest BCUT2D eigenvalue weighted by molar-refractivity contribution is 5.93. The number of aryl methyl sites for hydroxylation is 1. The van der Waals surface area contributed by atoms with Crippen molar-refractivity contribution in [2.45, 2.75) is 32.0 Å². The number of likely N-dealkylation sites (tertiary alicyclic amines) is 1. The summed E-state index contributed by atoms with van der Waals surface area (Å²) >= 11 is 0. The van der Waals surface area contributed by atoms with Gasteiger partial charge in [-0.1, -0.05) is 0 Å². The average molecular weight is 395 g/mol. The molecular weight excluding hydrogens is 375 g/mol. The van der Waals surface area contributed by atoms with Crippen molar-refractivity contribution in [1.82, 2.24) is 10.2 Å². The van der Waals surface area contributed by atoms with E-state index < -0.39 is 11.7 Å². The molecule has 1 saturated heterocycles. The van der Waals surface area contributed by atoms with Gasteiger partial charge in [-0.15, -0.1) is 0 Å². The molecule has 0 atom stereocenters. The van der Waals surface area contributed by atoms with Crippen molar-refractivity contribution in [3.8, 4) is 0 Å². The van der Waals surface area contributed by atoms with Crippen LogP contribution in [-0.2, 0) is 6.18 Å². The lowest BCUT2D eigenvalue weighted by Gasteiger charge is -2.32. The van der Waals surface area contributed by atoms with Crippen LogP contribution in [0.4, 0.5) is 23.7 Å². The second kappa shape index (κ2) is 7.95. The number of furan rings is 1. The molecule has 1 aromatic carbocycles. The molecule has 2 aromatic rings. The first-order valence-corrected chi connectivity index (χ1v) is 8.82. The number of carbonyl (C=O) groups excluding carboxylic acids is 2. The summed E-state index contributed by atoms with van der Waals surface area (Å²) in [6.07, 6.45) is -1.81. The van der Waals surface area contributed by atoms with Crippen LogP contribution in [0.5, 0.6) is 0 Å². The number of hydrogen-bond donors (Lipinski definition) is 2. The Morgan fingerprint density at radius 3 is 2.29 bits per heavy atom. The third-order valence-electron chi connectivity index (χ3n) is 4.65. The third kappa shape index (κ3) is 4.65. The molecular formula is C19H20F3N3O3. The van der Waals surface area contributed by atoms with E-state index in [0.717, 1.165) is 17.7 Å². The zero-order valence-corrected chi connectivity index (χ0v) is 15.2. The monoisotopic (exact) mass is 395 g/mol. The van der Waals surface area contributed by atoms with Crippen LogP contribution in [0, 0.1) is 6.92 Å². The molecule has 1 fully saturated rings. The van der Waals surface area contributed by atoms with Crippen molar-refractivity contribution >= 4 is 17.6 Å². The Labute approximate surface area is 159 Å². The van der Waals surface area contributed by atoms with Crippen molar-refractivity contribution in [3.05, 3.63) is 53.5 Å². The van der Waals surface area contributed by atoms with Gasteiger partial charge in [-0.2, -0.15) is 13.2 Å². The average Bonchev–Trinajstić information content (AvgIpc) is 3.08. The van der Waals surface area contributed by atoms with Crippen molar-refractivity contribution < 1.29 is 27.2 Å². The number of benzene rings is 1. The second-order valence-corrected chi connectivity index (χ2v) is 6.67. The lowest BCUT2D eigenvalue weighted by atomic mass is 10.0. The van der Waals surface area contributed by atoms with Gasteiger partial charge < -0.3 is 20.0 Å². The lowest BCUT2D eigenvalue weighted by Crippen LogP contribution is -2.47. The Bertz CT molecular complexity index is 838. The van der Waals surface area contributed by atoms with Gasteiger partial charge in [0.15, 0.2) is 5.76 Å². The Balaban J connectivity index is 1.48. The number of halogens is 3. The molecule has 2 N–H and O–H groups in total. The number of rotatable bonds is 3. The van der Waals surface area contributed by atoms with Crippen molar-refractivity contribution in [1.29, 1.82) is 0 Å². The number of alkyl halides is 3. The molecule has 0 bridgehead atoms. The third-order valence-corrected chi connectivity index (χ3v) is 4.65. The van der Waals surface area contributed by atoms with Gasteiger partial charge in [0, 0.05) is 30.4 Å². The first-order valence-electron chi connectivity index (χ1n) is 8.82. The highest BCUT2D eigenvalue weighted by atomic mass is 19.4. The zero-order valence-electron chi connectivity index (χ0n) is 15.2. The van der Waals surface area contributed by atoms with E-state index in [0.29, 0.717) is 31.6 Å². The van der Waals surface area contributed by atoms with Gasteiger partial charge in [-0.05, 0) is 50.1 Å². The molecule has 3 amide bonds. The van der Waals surface area contributed by atoms with Gasteiger partial charge in [0.05, 0.1) is 11.8 Å². The summed E-state index contributed by atoms with van der Waals surface area (Å²) < 4.78 is 42.9. The Morgan fingerprint density at radius 2 is 1.75 bits per heavy atom. The highest BCUT2D eigenvalue weighted by Crippen LogP contribution is 2.29. The van der Waals surface area contributed by atoms with Gasteiger partial charge in [0.1, 0.15) is 0 Å². The maximum absolute atomic E-state index is 12.6. The Morgan fingerprint density at radius 1 is 1.11 bits per heavy atom. The minimum absolute atomic E-state index is 0.0767. The van der Waals surface area contributed by atoms with Gasteiger partial charge in [-0.25, -0.2) is 4.79 Å². The lowest BCUT2D eigenvalue weighted by molar-refractivity contribution is -0.137. The molecule has 1 aliphatic rings. The molecule has 6 nitrogen and oxygen atoms in total. The van der Waals surface area contributed by atoms with Crippen molar-refractivity contribution in [3.63, 3.8) is 0 Å². The SMILES string of the molecule is Cc1ccoc1C(=O)NC1CCN(C(=O)Nc2ccc(C(F)(F)F)cc2)CC1. The minimum atomic E-state index is -4.41. The van der Waals surface area contributed by atoms with Crippen LogP contribution in [0.25, 0.3) is 0 Å². The number of nitrogens with zero attached hydrogens (tertiary/aromatic N) is 1. The molecule has 0 radical (unpaired) electrons. The van der Waals surface area contributed by atoms with E-state index in [2.05, 4.69) is 10.6 Å². The number of anilines is 1. The van der Waals surface area contributed by atoms with Crippen molar-refractivity contribution in [2.75, 3.05) is 18.4 Å². The maximum atomic E-state index is 12.6. The van der Waals surface area contributed by atoms with Crippen LogP contribution >= 0.6 is 0 Å². The largest absolute Gasteiger partial charge is 0.459 e. The predicted molar refractivity (Wildman–Crippen MR) is 96.0 cm³/mol. The summed E-state index contributed by atoms with van der Waals surface area (Å²) in [5, 5.41) is 5.49. The van der Waals surface area contributed by atoms with Gasteiger partial charge >= 0.3 is 12.2 Å². The van der Waals surface area contributed by atoms with Crippen LogP contribution in [0.3, 0.4) is 0 Å². The summed E-state index contributed by atoms with van der Waals surface area (Å²) in [5.41, 5.74) is 0.279. The number of piperidine rings is 1. The molecule has 0 aliphatic carbocycles. The summed E-state index contributed by atoms with van der Waals surface area (Å²) in [5.74, 6) is -0.00219. The summed E-state index contributed by atoms with van der Waals surface area (Å²) in [4.78, 5) is 26.0. The van der Waals surface area contributed by atoms with Crippen LogP contribution in [0.15, 0.2) is 41.0 Å². The summed E-state index contributed by atoms with van der Waals surface area (Å²) in [7, 11) is 0. The molecule has 3 rings (SSSR count). The van der Waals surface area contributed by atoms with E-state index in [1.807, 2.05) is 0 Å². The van der Waals surface area contributed by atoms with E-state index >= 15 is 0 Å². The fourth-order valence-corrected chi connectivity index (χ4v) is 3.03. The number of hydrogen-bond acceptors (Lipinski definition) is 3. The fourth-order valence-electron chi connectivity index (χ4n) is 3.03. The Kier molecular flexibility index (Phi) is 5.62. The summed E-state index contributed by atoms with van der Waals surface area (Å²) in [6.45, 7) is 2.63. The smallest absolute Gasteiger partial charge is 0.416 e. The molecule has 9 heteroatoms. The molecule has 28 heavy (non-hydrogen) atoms.